The molecule has 0 atom stereocenters. The van der Waals surface area contributed by atoms with E-state index in [0.29, 0.717) is 23.2 Å². The summed E-state index contributed by atoms with van der Waals surface area (Å²) in [6.45, 7) is 0.475. The molecular formula is C16H14ClN3O. The second-order valence-corrected chi connectivity index (χ2v) is 4.95. The zero-order valence-corrected chi connectivity index (χ0v) is 12.0. The van der Waals surface area contributed by atoms with E-state index in [2.05, 4.69) is 15.3 Å². The number of para-hydroxylation sites is 1. The van der Waals surface area contributed by atoms with Gasteiger partial charge >= 0.3 is 0 Å². The summed E-state index contributed by atoms with van der Waals surface area (Å²) in [7, 11) is 0. The van der Waals surface area contributed by atoms with Crippen LogP contribution in [0.2, 0.25) is 5.02 Å². The molecular weight excluding hydrogens is 286 g/mol. The molecule has 0 spiro atoms. The number of hydrogen-bond acceptors (Lipinski definition) is 4. The van der Waals surface area contributed by atoms with Gasteiger partial charge in [-0.25, -0.2) is 9.97 Å². The molecule has 0 amide bonds. The summed E-state index contributed by atoms with van der Waals surface area (Å²) in [5, 5.41) is 13.7. The zero-order chi connectivity index (χ0) is 14.7. The summed E-state index contributed by atoms with van der Waals surface area (Å²) in [5.41, 5.74) is 1.62. The van der Waals surface area contributed by atoms with E-state index in [-0.39, 0.29) is 6.61 Å². The van der Waals surface area contributed by atoms with Gasteiger partial charge < -0.3 is 10.4 Å². The largest absolute Gasteiger partial charge is 0.395 e. The first-order valence-corrected chi connectivity index (χ1v) is 7.04. The smallest absolute Gasteiger partial charge is 0.163 e. The fourth-order valence-corrected chi connectivity index (χ4v) is 2.37. The fourth-order valence-electron chi connectivity index (χ4n) is 2.15. The first kappa shape index (κ1) is 13.8. The molecule has 0 saturated carbocycles. The van der Waals surface area contributed by atoms with Gasteiger partial charge in [0.25, 0.3) is 0 Å². The first-order valence-electron chi connectivity index (χ1n) is 6.66. The third-order valence-electron chi connectivity index (χ3n) is 3.12. The molecule has 21 heavy (non-hydrogen) atoms. The van der Waals surface area contributed by atoms with E-state index >= 15 is 0 Å². The van der Waals surface area contributed by atoms with Gasteiger partial charge in [0.15, 0.2) is 5.82 Å². The van der Waals surface area contributed by atoms with E-state index in [9.17, 15) is 0 Å². The number of aromatic nitrogens is 2. The van der Waals surface area contributed by atoms with Gasteiger partial charge in [-0.05, 0) is 24.3 Å². The van der Waals surface area contributed by atoms with Gasteiger partial charge in [0.1, 0.15) is 5.82 Å². The molecule has 0 aliphatic heterocycles. The van der Waals surface area contributed by atoms with Crippen molar-refractivity contribution in [3.8, 4) is 11.4 Å². The van der Waals surface area contributed by atoms with Gasteiger partial charge in [-0.15, -0.1) is 0 Å². The van der Waals surface area contributed by atoms with Crippen LogP contribution in [0.3, 0.4) is 0 Å². The predicted molar refractivity (Wildman–Crippen MR) is 85.6 cm³/mol. The van der Waals surface area contributed by atoms with Crippen molar-refractivity contribution in [2.75, 3.05) is 18.5 Å². The second-order valence-electron chi connectivity index (χ2n) is 4.54. The lowest BCUT2D eigenvalue weighted by Gasteiger charge is -2.10. The molecule has 2 aromatic carbocycles. The Morgan fingerprint density at radius 1 is 1.00 bits per heavy atom. The number of anilines is 1. The monoisotopic (exact) mass is 299 g/mol. The summed E-state index contributed by atoms with van der Waals surface area (Å²) in [4.78, 5) is 9.13. The molecule has 106 valence electrons. The number of aliphatic hydroxyl groups is 1. The molecule has 0 aliphatic carbocycles. The van der Waals surface area contributed by atoms with Gasteiger partial charge in [-0.3, -0.25) is 0 Å². The van der Waals surface area contributed by atoms with Crippen LogP contribution in [0.1, 0.15) is 0 Å². The van der Waals surface area contributed by atoms with Crippen LogP contribution in [0.4, 0.5) is 5.82 Å². The highest BCUT2D eigenvalue weighted by atomic mass is 35.5. The average Bonchev–Trinajstić information content (AvgIpc) is 2.53. The standard InChI is InChI=1S/C16H14ClN3O/c17-13-7-3-1-5-11(13)16-19-14-8-4-2-6-12(14)15(20-16)18-9-10-21/h1-8,21H,9-10H2,(H,18,19,20). The molecule has 0 bridgehead atoms. The van der Waals surface area contributed by atoms with Crippen LogP contribution in [-0.4, -0.2) is 28.2 Å². The molecule has 0 fully saturated rings. The summed E-state index contributed by atoms with van der Waals surface area (Å²) in [6, 6.07) is 15.2. The van der Waals surface area contributed by atoms with Crippen LogP contribution in [0.5, 0.6) is 0 Å². The van der Waals surface area contributed by atoms with Crippen molar-refractivity contribution in [3.05, 3.63) is 53.6 Å². The molecule has 4 nitrogen and oxygen atoms in total. The molecule has 0 aliphatic rings. The second kappa shape index (κ2) is 6.08. The van der Waals surface area contributed by atoms with Crippen molar-refractivity contribution in [1.29, 1.82) is 0 Å². The van der Waals surface area contributed by atoms with E-state index in [1.165, 1.54) is 0 Å². The highest BCUT2D eigenvalue weighted by Crippen LogP contribution is 2.28. The maximum Gasteiger partial charge on any atom is 0.163 e. The number of nitrogens with zero attached hydrogens (tertiary/aromatic N) is 2. The van der Waals surface area contributed by atoms with E-state index in [0.717, 1.165) is 16.5 Å². The summed E-state index contributed by atoms with van der Waals surface area (Å²) in [5.74, 6) is 1.27. The Balaban J connectivity index is 2.18. The number of hydrogen-bond donors (Lipinski definition) is 2. The zero-order valence-electron chi connectivity index (χ0n) is 11.3. The predicted octanol–water partition coefficient (Wildman–Crippen LogP) is 3.35. The van der Waals surface area contributed by atoms with Gasteiger partial charge in [-0.2, -0.15) is 0 Å². The van der Waals surface area contributed by atoms with Crippen LogP contribution in [0.15, 0.2) is 48.5 Å². The average molecular weight is 300 g/mol. The minimum absolute atomic E-state index is 0.0414. The Bertz CT molecular complexity index is 776. The number of fused-ring (bicyclic) bond motifs is 1. The van der Waals surface area contributed by atoms with Crippen molar-refractivity contribution < 1.29 is 5.11 Å². The van der Waals surface area contributed by atoms with Crippen molar-refractivity contribution in [2.45, 2.75) is 0 Å². The molecule has 0 saturated heterocycles. The molecule has 2 N–H and O–H groups in total. The van der Waals surface area contributed by atoms with Crippen molar-refractivity contribution >= 4 is 28.3 Å². The molecule has 1 aromatic heterocycles. The van der Waals surface area contributed by atoms with E-state index in [4.69, 9.17) is 16.7 Å². The lowest BCUT2D eigenvalue weighted by atomic mass is 10.2. The van der Waals surface area contributed by atoms with Crippen LogP contribution in [-0.2, 0) is 0 Å². The number of aliphatic hydroxyl groups excluding tert-OH is 1. The summed E-state index contributed by atoms with van der Waals surface area (Å²) < 4.78 is 0. The van der Waals surface area contributed by atoms with Crippen LogP contribution >= 0.6 is 11.6 Å². The number of nitrogens with one attached hydrogen (secondary N) is 1. The lowest BCUT2D eigenvalue weighted by Crippen LogP contribution is -2.08. The topological polar surface area (TPSA) is 58.0 Å². The van der Waals surface area contributed by atoms with E-state index in [1.54, 1.807) is 0 Å². The summed E-state index contributed by atoms with van der Waals surface area (Å²) >= 11 is 6.23. The molecule has 0 unspecified atom stereocenters. The van der Waals surface area contributed by atoms with Crippen molar-refractivity contribution in [2.24, 2.45) is 0 Å². The molecule has 3 rings (SSSR count). The van der Waals surface area contributed by atoms with Crippen molar-refractivity contribution in [3.63, 3.8) is 0 Å². The highest BCUT2D eigenvalue weighted by molar-refractivity contribution is 6.33. The highest BCUT2D eigenvalue weighted by Gasteiger charge is 2.11. The third kappa shape index (κ3) is 2.82. The Hall–Kier alpha value is -2.17. The van der Waals surface area contributed by atoms with E-state index in [1.807, 2.05) is 48.5 Å². The summed E-state index contributed by atoms with van der Waals surface area (Å²) in [6.07, 6.45) is 0. The van der Waals surface area contributed by atoms with Gasteiger partial charge in [0.05, 0.1) is 17.1 Å². The Kier molecular flexibility index (Phi) is 3.99. The van der Waals surface area contributed by atoms with Crippen LogP contribution in [0.25, 0.3) is 22.3 Å². The SMILES string of the molecule is OCCNc1nc(-c2ccccc2Cl)nc2ccccc12. The number of rotatable bonds is 4. The molecule has 0 radical (unpaired) electrons. The van der Waals surface area contributed by atoms with Gasteiger partial charge in [0.2, 0.25) is 0 Å². The first-order chi connectivity index (χ1) is 10.3. The maximum atomic E-state index is 9.00. The molecule has 1 heterocycles. The molecule has 5 heteroatoms. The maximum absolute atomic E-state index is 9.00. The lowest BCUT2D eigenvalue weighted by molar-refractivity contribution is 0.311. The quantitative estimate of drug-likeness (QED) is 0.775. The van der Waals surface area contributed by atoms with Gasteiger partial charge in [-0.1, -0.05) is 35.9 Å². The Morgan fingerprint density at radius 3 is 2.57 bits per heavy atom. The van der Waals surface area contributed by atoms with Crippen LogP contribution in [0, 0.1) is 0 Å². The van der Waals surface area contributed by atoms with E-state index < -0.39 is 0 Å². The Labute approximate surface area is 127 Å². The number of benzene rings is 2. The minimum Gasteiger partial charge on any atom is -0.395 e. The third-order valence-corrected chi connectivity index (χ3v) is 3.45. The number of halogens is 1. The normalized spacial score (nSPS) is 10.8. The fraction of sp³-hybridized carbons (Fsp3) is 0.125. The van der Waals surface area contributed by atoms with Crippen LogP contribution < -0.4 is 5.32 Å². The van der Waals surface area contributed by atoms with Gasteiger partial charge in [0, 0.05) is 17.5 Å². The molecule has 3 aromatic rings. The minimum atomic E-state index is 0.0414. The Morgan fingerprint density at radius 2 is 1.76 bits per heavy atom. The van der Waals surface area contributed by atoms with Crippen molar-refractivity contribution in [1.82, 2.24) is 9.97 Å².